The third-order valence-corrected chi connectivity index (χ3v) is 4.40. The van der Waals surface area contributed by atoms with Crippen LogP contribution in [0.4, 0.5) is 0 Å². The first-order chi connectivity index (χ1) is 9.10. The number of hydrogen-bond acceptors (Lipinski definition) is 2. The van der Waals surface area contributed by atoms with E-state index < -0.39 is 5.41 Å². The molecule has 0 saturated carbocycles. The van der Waals surface area contributed by atoms with Crippen LogP contribution in [0.5, 0.6) is 0 Å². The standard InChI is InChI=1S/C17H28N2O/c1-6-16(2,3)13-9-7-12(8-10-13)14(18)11-17(4,5)15(19)20/h7-10,14H,6,11,18H2,1-5H3,(H2,19,20). The summed E-state index contributed by atoms with van der Waals surface area (Å²) in [5.74, 6) is -0.309. The van der Waals surface area contributed by atoms with E-state index >= 15 is 0 Å². The summed E-state index contributed by atoms with van der Waals surface area (Å²) in [5, 5.41) is 0. The average molecular weight is 276 g/mol. The largest absolute Gasteiger partial charge is 0.369 e. The van der Waals surface area contributed by atoms with Crippen LogP contribution in [0.2, 0.25) is 0 Å². The normalized spacial score (nSPS) is 14.1. The van der Waals surface area contributed by atoms with Crippen LogP contribution in [-0.4, -0.2) is 5.91 Å². The zero-order valence-corrected chi connectivity index (χ0v) is 13.4. The minimum Gasteiger partial charge on any atom is -0.369 e. The lowest BCUT2D eigenvalue weighted by Crippen LogP contribution is -2.34. The van der Waals surface area contributed by atoms with Crippen LogP contribution in [0.3, 0.4) is 0 Å². The van der Waals surface area contributed by atoms with Crippen molar-refractivity contribution in [1.29, 1.82) is 0 Å². The van der Waals surface area contributed by atoms with Crippen LogP contribution in [0, 0.1) is 5.41 Å². The van der Waals surface area contributed by atoms with E-state index in [2.05, 4.69) is 45.0 Å². The fourth-order valence-corrected chi connectivity index (χ4v) is 2.15. The quantitative estimate of drug-likeness (QED) is 0.837. The van der Waals surface area contributed by atoms with E-state index in [1.54, 1.807) is 0 Å². The van der Waals surface area contributed by atoms with E-state index in [9.17, 15) is 4.79 Å². The van der Waals surface area contributed by atoms with Crippen LogP contribution < -0.4 is 11.5 Å². The van der Waals surface area contributed by atoms with E-state index in [0.717, 1.165) is 12.0 Å². The number of amides is 1. The summed E-state index contributed by atoms with van der Waals surface area (Å²) < 4.78 is 0. The van der Waals surface area contributed by atoms with Crippen molar-refractivity contribution in [3.63, 3.8) is 0 Å². The summed E-state index contributed by atoms with van der Waals surface area (Å²) in [6, 6.07) is 8.23. The Morgan fingerprint density at radius 1 is 1.15 bits per heavy atom. The van der Waals surface area contributed by atoms with Gasteiger partial charge < -0.3 is 11.5 Å². The minimum atomic E-state index is -0.583. The zero-order valence-electron chi connectivity index (χ0n) is 13.4. The number of carbonyl (C=O) groups excluding carboxylic acids is 1. The first-order valence-electron chi connectivity index (χ1n) is 7.26. The lowest BCUT2D eigenvalue weighted by atomic mass is 9.80. The van der Waals surface area contributed by atoms with Gasteiger partial charge in [0.1, 0.15) is 0 Å². The molecule has 1 aromatic carbocycles. The summed E-state index contributed by atoms with van der Waals surface area (Å²) in [7, 11) is 0. The van der Waals surface area contributed by atoms with Crippen LogP contribution in [0.1, 0.15) is 64.6 Å². The highest BCUT2D eigenvalue weighted by atomic mass is 16.1. The molecular formula is C17H28N2O. The van der Waals surface area contributed by atoms with Crippen LogP contribution in [0.25, 0.3) is 0 Å². The van der Waals surface area contributed by atoms with Crippen LogP contribution in [0.15, 0.2) is 24.3 Å². The Kier molecular flexibility index (Phi) is 4.98. The molecule has 0 aromatic heterocycles. The molecule has 20 heavy (non-hydrogen) atoms. The highest BCUT2D eigenvalue weighted by Crippen LogP contribution is 2.31. The van der Waals surface area contributed by atoms with Crippen molar-refractivity contribution in [2.45, 2.75) is 58.9 Å². The lowest BCUT2D eigenvalue weighted by molar-refractivity contribution is -0.126. The van der Waals surface area contributed by atoms with Crippen molar-refractivity contribution >= 4 is 5.91 Å². The number of primary amides is 1. The minimum absolute atomic E-state index is 0.170. The van der Waals surface area contributed by atoms with Gasteiger partial charge in [0.25, 0.3) is 0 Å². The summed E-state index contributed by atoms with van der Waals surface area (Å²) in [4.78, 5) is 11.4. The number of carbonyl (C=O) groups is 1. The molecule has 1 unspecified atom stereocenters. The summed E-state index contributed by atoms with van der Waals surface area (Å²) in [6.07, 6.45) is 1.64. The Morgan fingerprint density at radius 3 is 2.05 bits per heavy atom. The van der Waals surface area contributed by atoms with Crippen molar-refractivity contribution in [1.82, 2.24) is 0 Å². The summed E-state index contributed by atoms with van der Waals surface area (Å²) in [6.45, 7) is 10.3. The van der Waals surface area contributed by atoms with Gasteiger partial charge in [-0.3, -0.25) is 4.79 Å². The fraction of sp³-hybridized carbons (Fsp3) is 0.588. The molecule has 0 aliphatic rings. The maximum absolute atomic E-state index is 11.4. The molecule has 1 atom stereocenters. The van der Waals surface area contributed by atoms with Gasteiger partial charge in [-0.15, -0.1) is 0 Å². The van der Waals surface area contributed by atoms with Crippen LogP contribution >= 0.6 is 0 Å². The molecule has 4 N–H and O–H groups in total. The smallest absolute Gasteiger partial charge is 0.223 e. The van der Waals surface area contributed by atoms with Crippen molar-refractivity contribution in [2.24, 2.45) is 16.9 Å². The van der Waals surface area contributed by atoms with Gasteiger partial charge in [-0.05, 0) is 29.4 Å². The van der Waals surface area contributed by atoms with Crippen molar-refractivity contribution < 1.29 is 4.79 Å². The maximum atomic E-state index is 11.4. The van der Waals surface area contributed by atoms with E-state index in [-0.39, 0.29) is 17.4 Å². The Balaban J connectivity index is 2.86. The molecule has 112 valence electrons. The molecule has 0 spiro atoms. The first-order valence-corrected chi connectivity index (χ1v) is 7.26. The van der Waals surface area contributed by atoms with Gasteiger partial charge >= 0.3 is 0 Å². The van der Waals surface area contributed by atoms with Gasteiger partial charge in [-0.1, -0.05) is 58.9 Å². The summed E-state index contributed by atoms with van der Waals surface area (Å²) >= 11 is 0. The molecule has 0 aliphatic heterocycles. The molecule has 3 heteroatoms. The Hall–Kier alpha value is -1.35. The Bertz CT molecular complexity index is 460. The lowest BCUT2D eigenvalue weighted by Gasteiger charge is -2.26. The Labute approximate surface area is 122 Å². The zero-order chi connectivity index (χ0) is 15.6. The second kappa shape index (κ2) is 5.96. The number of nitrogens with two attached hydrogens (primary N) is 2. The van der Waals surface area contributed by atoms with E-state index in [1.807, 2.05) is 13.8 Å². The molecular weight excluding hydrogens is 248 g/mol. The third-order valence-electron chi connectivity index (χ3n) is 4.40. The molecule has 1 aromatic rings. The van der Waals surface area contributed by atoms with Gasteiger partial charge in [-0.2, -0.15) is 0 Å². The molecule has 0 radical (unpaired) electrons. The van der Waals surface area contributed by atoms with E-state index in [4.69, 9.17) is 11.5 Å². The molecule has 1 amide bonds. The summed E-state index contributed by atoms with van der Waals surface area (Å²) in [5.41, 5.74) is 13.6. The van der Waals surface area contributed by atoms with Gasteiger partial charge in [0, 0.05) is 11.5 Å². The number of hydrogen-bond donors (Lipinski definition) is 2. The van der Waals surface area contributed by atoms with Crippen molar-refractivity contribution in [3.05, 3.63) is 35.4 Å². The highest BCUT2D eigenvalue weighted by Gasteiger charge is 2.28. The van der Waals surface area contributed by atoms with Gasteiger partial charge in [-0.25, -0.2) is 0 Å². The van der Waals surface area contributed by atoms with E-state index in [1.165, 1.54) is 5.56 Å². The predicted molar refractivity (Wildman–Crippen MR) is 84.3 cm³/mol. The fourth-order valence-electron chi connectivity index (χ4n) is 2.15. The Morgan fingerprint density at radius 2 is 1.65 bits per heavy atom. The monoisotopic (exact) mass is 276 g/mol. The number of benzene rings is 1. The molecule has 0 aliphatic carbocycles. The molecule has 0 fully saturated rings. The van der Waals surface area contributed by atoms with Gasteiger partial charge in [0.05, 0.1) is 0 Å². The van der Waals surface area contributed by atoms with Gasteiger partial charge in [0.2, 0.25) is 5.91 Å². The second-order valence-electron chi connectivity index (χ2n) is 6.92. The third kappa shape index (κ3) is 3.83. The molecule has 0 saturated heterocycles. The second-order valence-corrected chi connectivity index (χ2v) is 6.92. The molecule has 0 bridgehead atoms. The SMILES string of the molecule is CCC(C)(C)c1ccc(C(N)CC(C)(C)C(N)=O)cc1. The molecule has 3 nitrogen and oxygen atoms in total. The maximum Gasteiger partial charge on any atom is 0.223 e. The van der Waals surface area contributed by atoms with Crippen molar-refractivity contribution in [3.8, 4) is 0 Å². The first kappa shape index (κ1) is 16.7. The van der Waals surface area contributed by atoms with Gasteiger partial charge in [0.15, 0.2) is 0 Å². The van der Waals surface area contributed by atoms with Crippen LogP contribution in [-0.2, 0) is 10.2 Å². The van der Waals surface area contributed by atoms with E-state index in [0.29, 0.717) is 6.42 Å². The van der Waals surface area contributed by atoms with Crippen molar-refractivity contribution in [2.75, 3.05) is 0 Å². The topological polar surface area (TPSA) is 69.1 Å². The highest BCUT2D eigenvalue weighted by molar-refractivity contribution is 5.79. The average Bonchev–Trinajstić information content (AvgIpc) is 2.38. The molecule has 0 heterocycles. The predicted octanol–water partition coefficient (Wildman–Crippen LogP) is 3.28. The number of rotatable bonds is 6. The molecule has 1 rings (SSSR count).